The standard InChI is InChI=1S/C34H41FN8O/c1-19-15-26-31(30(35)29(19)27-18-38-20(2)24-9-6-7-10-25(24)27)39-34(44-21(3)28-11-8-14-42(28)5)32-33(26)43(41-40-32)23-12-13-37-22(16-23)17-36-4/h6-7,9-10,15,18,21-23,28,36-37H,8,11-14,16-17H2,1-5H3/t21-,22-,23-,28-/m0/s1. The number of fused-ring (bicyclic) bond motifs is 4. The molecule has 2 aliphatic heterocycles. The van der Waals surface area contributed by atoms with Crippen LogP contribution in [0, 0.1) is 19.7 Å². The summed E-state index contributed by atoms with van der Waals surface area (Å²) in [6.07, 6.45) is 5.62. The Kier molecular flexibility index (Phi) is 7.68. The van der Waals surface area contributed by atoms with E-state index < -0.39 is 0 Å². The molecule has 5 heterocycles. The molecule has 44 heavy (non-hydrogen) atoms. The van der Waals surface area contributed by atoms with Crippen LogP contribution in [0.3, 0.4) is 0 Å². The monoisotopic (exact) mass is 596 g/mol. The molecule has 9 nitrogen and oxygen atoms in total. The van der Waals surface area contributed by atoms with Crippen LogP contribution in [0.4, 0.5) is 4.39 Å². The van der Waals surface area contributed by atoms with Gasteiger partial charge in [-0.15, -0.1) is 5.10 Å². The van der Waals surface area contributed by atoms with Gasteiger partial charge in [0, 0.05) is 52.4 Å². The van der Waals surface area contributed by atoms with Crippen molar-refractivity contribution in [3.8, 4) is 17.0 Å². The van der Waals surface area contributed by atoms with E-state index in [1.165, 1.54) is 0 Å². The molecular weight excluding hydrogens is 555 g/mol. The van der Waals surface area contributed by atoms with E-state index in [0.29, 0.717) is 28.4 Å². The Morgan fingerprint density at radius 2 is 1.95 bits per heavy atom. The molecule has 10 heteroatoms. The molecule has 2 aromatic carbocycles. The zero-order chi connectivity index (χ0) is 30.5. The van der Waals surface area contributed by atoms with Gasteiger partial charge in [-0.3, -0.25) is 9.88 Å². The van der Waals surface area contributed by atoms with Crippen molar-refractivity contribution < 1.29 is 9.13 Å². The second kappa shape index (κ2) is 11.6. The van der Waals surface area contributed by atoms with E-state index in [1.54, 1.807) is 6.20 Å². The molecule has 0 radical (unpaired) electrons. The maximum absolute atomic E-state index is 17.1. The van der Waals surface area contributed by atoms with Crippen LogP contribution >= 0.6 is 0 Å². The zero-order valence-electron chi connectivity index (χ0n) is 26.2. The summed E-state index contributed by atoms with van der Waals surface area (Å²) in [5.41, 5.74) is 4.64. The molecule has 2 fully saturated rings. The first kappa shape index (κ1) is 29.0. The lowest BCUT2D eigenvalue weighted by Gasteiger charge is -2.30. The van der Waals surface area contributed by atoms with Gasteiger partial charge in [-0.05, 0) is 90.7 Å². The Hall–Kier alpha value is -3.73. The molecule has 2 aliphatic rings. The Labute approximate surface area is 257 Å². The van der Waals surface area contributed by atoms with Crippen molar-refractivity contribution in [3.63, 3.8) is 0 Å². The molecule has 230 valence electrons. The fourth-order valence-corrected chi connectivity index (χ4v) is 7.49. The molecule has 0 unspecified atom stereocenters. The van der Waals surface area contributed by atoms with Gasteiger partial charge in [0.05, 0.1) is 6.04 Å². The highest BCUT2D eigenvalue weighted by atomic mass is 19.1. The van der Waals surface area contributed by atoms with Crippen LogP contribution in [0.2, 0.25) is 0 Å². The zero-order valence-corrected chi connectivity index (χ0v) is 26.2. The van der Waals surface area contributed by atoms with Crippen molar-refractivity contribution in [3.05, 3.63) is 53.6 Å². The van der Waals surface area contributed by atoms with Gasteiger partial charge in [0.1, 0.15) is 17.1 Å². The van der Waals surface area contributed by atoms with Crippen LogP contribution in [0.25, 0.3) is 43.8 Å². The smallest absolute Gasteiger partial charge is 0.245 e. The molecule has 0 aliphatic carbocycles. The number of nitrogens with one attached hydrogen (secondary N) is 2. The summed E-state index contributed by atoms with van der Waals surface area (Å²) < 4.78 is 25.7. The Morgan fingerprint density at radius 3 is 2.73 bits per heavy atom. The molecule has 2 saturated heterocycles. The second-order valence-corrected chi connectivity index (χ2v) is 12.6. The minimum absolute atomic E-state index is 0.115. The normalized spacial score (nSPS) is 21.9. The van der Waals surface area contributed by atoms with Crippen LogP contribution < -0.4 is 15.4 Å². The molecule has 2 N–H and O–H groups in total. The summed E-state index contributed by atoms with van der Waals surface area (Å²) in [5, 5.41) is 18.9. The van der Waals surface area contributed by atoms with Gasteiger partial charge < -0.3 is 15.4 Å². The van der Waals surface area contributed by atoms with Gasteiger partial charge in [-0.1, -0.05) is 29.5 Å². The highest BCUT2D eigenvalue weighted by Crippen LogP contribution is 2.41. The van der Waals surface area contributed by atoms with Crippen LogP contribution in [0.1, 0.15) is 49.9 Å². The van der Waals surface area contributed by atoms with Crippen molar-refractivity contribution >= 4 is 32.7 Å². The fraction of sp³-hybridized carbons (Fsp3) is 0.471. The summed E-state index contributed by atoms with van der Waals surface area (Å²) in [4.78, 5) is 11.9. The average molecular weight is 597 g/mol. The predicted octanol–water partition coefficient (Wildman–Crippen LogP) is 5.32. The molecule has 0 saturated carbocycles. The average Bonchev–Trinajstić information content (AvgIpc) is 3.66. The third-order valence-corrected chi connectivity index (χ3v) is 9.75. The van der Waals surface area contributed by atoms with Crippen LogP contribution in [0.15, 0.2) is 36.5 Å². The number of halogens is 1. The summed E-state index contributed by atoms with van der Waals surface area (Å²) in [5.74, 6) is -0.0350. The number of hydrogen-bond acceptors (Lipinski definition) is 8. The number of likely N-dealkylation sites (tertiary alicyclic amines) is 1. The SMILES string of the molecule is CNC[C@@H]1C[C@@H](n2nnc3c(O[C@@H](C)[C@@H]4CCCN4C)nc4c(F)c(-c5cnc(C)c6ccccc56)c(C)cc4c32)CCN1. The molecule has 3 aromatic heterocycles. The number of likely N-dealkylation sites (N-methyl/N-ethyl adjacent to an activating group) is 2. The number of piperidine rings is 1. The first-order chi connectivity index (χ1) is 21.4. The van der Waals surface area contributed by atoms with Crippen molar-refractivity contribution in [1.29, 1.82) is 0 Å². The molecule has 4 atom stereocenters. The number of rotatable bonds is 7. The van der Waals surface area contributed by atoms with Gasteiger partial charge >= 0.3 is 0 Å². The lowest BCUT2D eigenvalue weighted by Crippen LogP contribution is -2.44. The van der Waals surface area contributed by atoms with Crippen LogP contribution in [-0.4, -0.2) is 81.8 Å². The van der Waals surface area contributed by atoms with E-state index in [0.717, 1.165) is 78.4 Å². The first-order valence-corrected chi connectivity index (χ1v) is 15.8. The molecule has 7 rings (SSSR count). The Balaban J connectivity index is 1.44. The molecule has 0 bridgehead atoms. The molecule has 0 spiro atoms. The lowest BCUT2D eigenvalue weighted by molar-refractivity contribution is 0.118. The van der Waals surface area contributed by atoms with E-state index in [2.05, 4.69) is 39.6 Å². The maximum Gasteiger partial charge on any atom is 0.245 e. The summed E-state index contributed by atoms with van der Waals surface area (Å²) >= 11 is 0. The van der Waals surface area contributed by atoms with Crippen molar-refractivity contribution in [2.45, 2.75) is 70.7 Å². The number of ether oxygens (including phenoxy) is 1. The van der Waals surface area contributed by atoms with E-state index >= 15 is 4.39 Å². The van der Waals surface area contributed by atoms with Crippen LogP contribution in [0.5, 0.6) is 5.88 Å². The largest absolute Gasteiger partial charge is 0.471 e. The van der Waals surface area contributed by atoms with Gasteiger partial charge in [0.15, 0.2) is 11.3 Å². The molecular formula is C34H41FN8O. The third-order valence-electron chi connectivity index (χ3n) is 9.75. The topological polar surface area (TPSA) is 93.0 Å². The number of nitrogens with zero attached hydrogens (tertiary/aromatic N) is 6. The Bertz CT molecular complexity index is 1850. The number of hydrogen-bond donors (Lipinski definition) is 2. The second-order valence-electron chi connectivity index (χ2n) is 12.6. The summed E-state index contributed by atoms with van der Waals surface area (Å²) in [6, 6.07) is 10.8. The fourth-order valence-electron chi connectivity index (χ4n) is 7.49. The minimum atomic E-state index is -0.376. The van der Waals surface area contributed by atoms with E-state index in [9.17, 15) is 0 Å². The van der Waals surface area contributed by atoms with Gasteiger partial charge in [0.25, 0.3) is 0 Å². The number of aryl methyl sites for hydroxylation is 2. The maximum atomic E-state index is 17.1. The Morgan fingerprint density at radius 1 is 1.14 bits per heavy atom. The highest BCUT2D eigenvalue weighted by Gasteiger charge is 2.32. The van der Waals surface area contributed by atoms with E-state index in [1.807, 2.05) is 55.9 Å². The number of pyridine rings is 2. The number of benzene rings is 2. The quantitative estimate of drug-likeness (QED) is 0.261. The van der Waals surface area contributed by atoms with Crippen molar-refractivity contribution in [2.24, 2.45) is 0 Å². The summed E-state index contributed by atoms with van der Waals surface area (Å²) in [7, 11) is 4.10. The minimum Gasteiger partial charge on any atom is -0.471 e. The van der Waals surface area contributed by atoms with Gasteiger partial charge in [0.2, 0.25) is 5.88 Å². The van der Waals surface area contributed by atoms with E-state index in [-0.39, 0.29) is 29.5 Å². The van der Waals surface area contributed by atoms with Crippen molar-refractivity contribution in [1.82, 2.24) is 40.5 Å². The van der Waals surface area contributed by atoms with E-state index in [4.69, 9.17) is 14.9 Å². The van der Waals surface area contributed by atoms with Crippen LogP contribution in [-0.2, 0) is 0 Å². The lowest BCUT2D eigenvalue weighted by atomic mass is 9.93. The third kappa shape index (κ3) is 4.89. The van der Waals surface area contributed by atoms with Gasteiger partial charge in [-0.25, -0.2) is 14.1 Å². The highest BCUT2D eigenvalue weighted by molar-refractivity contribution is 6.07. The van der Waals surface area contributed by atoms with Crippen molar-refractivity contribution in [2.75, 3.05) is 33.7 Å². The predicted molar refractivity (Wildman–Crippen MR) is 173 cm³/mol. The number of aromatic nitrogens is 5. The first-order valence-electron chi connectivity index (χ1n) is 15.8. The molecule has 0 amide bonds. The summed E-state index contributed by atoms with van der Waals surface area (Å²) in [6.45, 7) is 8.79. The van der Waals surface area contributed by atoms with Gasteiger partial charge in [-0.2, -0.15) is 0 Å². The molecule has 5 aromatic rings.